The topological polar surface area (TPSA) is 18.5 Å². The minimum Gasteiger partial charge on any atom is -0.494 e. The predicted octanol–water partition coefficient (Wildman–Crippen LogP) is 5.51. The smallest absolute Gasteiger partial charge is 0.141 e. The summed E-state index contributed by atoms with van der Waals surface area (Å²) in [5.74, 6) is 2.22. The van der Waals surface area contributed by atoms with Crippen LogP contribution in [-0.4, -0.2) is 18.5 Å². The average Bonchev–Trinajstić information content (AvgIpc) is 2.58. The molecule has 0 saturated carbocycles. The Morgan fingerprint density at radius 3 is 2.35 bits per heavy atom. The van der Waals surface area contributed by atoms with Crippen LogP contribution in [0.2, 0.25) is 0 Å². The molecule has 2 nitrogen and oxygen atoms in total. The zero-order chi connectivity index (χ0) is 16.5. The van der Waals surface area contributed by atoms with Crippen LogP contribution in [0.1, 0.15) is 25.3 Å². The summed E-state index contributed by atoms with van der Waals surface area (Å²) < 4.78 is 11.4. The van der Waals surface area contributed by atoms with Gasteiger partial charge in [-0.3, -0.25) is 0 Å². The van der Waals surface area contributed by atoms with E-state index in [1.807, 2.05) is 30.3 Å². The quantitative estimate of drug-likeness (QED) is 0.447. The Morgan fingerprint density at radius 2 is 1.74 bits per heavy atom. The molecule has 0 heterocycles. The Labute approximate surface area is 143 Å². The van der Waals surface area contributed by atoms with E-state index >= 15 is 0 Å². The van der Waals surface area contributed by atoms with Crippen molar-refractivity contribution in [1.82, 2.24) is 0 Å². The average molecular weight is 328 g/mol. The van der Waals surface area contributed by atoms with Gasteiger partial charge in [-0.1, -0.05) is 50.8 Å². The van der Waals surface area contributed by atoms with Crippen molar-refractivity contribution in [2.45, 2.75) is 30.8 Å². The van der Waals surface area contributed by atoms with Gasteiger partial charge >= 0.3 is 0 Å². The molecule has 0 N–H and O–H groups in total. The van der Waals surface area contributed by atoms with Crippen LogP contribution >= 0.6 is 11.8 Å². The molecule has 3 heteroatoms. The zero-order valence-electron chi connectivity index (χ0n) is 13.8. The van der Waals surface area contributed by atoms with Crippen molar-refractivity contribution in [3.05, 3.63) is 73.0 Å². The van der Waals surface area contributed by atoms with Crippen LogP contribution in [0.3, 0.4) is 0 Å². The third-order valence-electron chi connectivity index (χ3n) is 3.45. The van der Waals surface area contributed by atoms with Crippen LogP contribution in [-0.2, 0) is 4.74 Å². The van der Waals surface area contributed by atoms with E-state index in [0.29, 0.717) is 12.5 Å². The van der Waals surface area contributed by atoms with Crippen molar-refractivity contribution < 1.29 is 9.47 Å². The van der Waals surface area contributed by atoms with Crippen LogP contribution in [0.5, 0.6) is 5.75 Å². The predicted molar refractivity (Wildman–Crippen MR) is 98.3 cm³/mol. The van der Waals surface area contributed by atoms with Crippen molar-refractivity contribution in [2.24, 2.45) is 0 Å². The number of hydrogen-bond donors (Lipinski definition) is 0. The first-order chi connectivity index (χ1) is 11.2. The van der Waals surface area contributed by atoms with E-state index < -0.39 is 0 Å². The van der Waals surface area contributed by atoms with Gasteiger partial charge in [-0.2, -0.15) is 0 Å². The maximum absolute atomic E-state index is 5.86. The molecule has 0 radical (unpaired) electrons. The number of hydrogen-bond acceptors (Lipinski definition) is 3. The molecule has 2 aromatic rings. The second-order valence-electron chi connectivity index (χ2n) is 5.58. The molecule has 1 atom stereocenters. The van der Waals surface area contributed by atoms with Gasteiger partial charge in [0, 0.05) is 10.6 Å². The van der Waals surface area contributed by atoms with Crippen molar-refractivity contribution in [3.63, 3.8) is 0 Å². The van der Waals surface area contributed by atoms with Gasteiger partial charge in [-0.05, 0) is 35.7 Å². The fourth-order valence-corrected chi connectivity index (χ4v) is 3.01. The van der Waals surface area contributed by atoms with Gasteiger partial charge in [-0.25, -0.2) is 0 Å². The van der Waals surface area contributed by atoms with Crippen molar-refractivity contribution in [1.29, 1.82) is 0 Å². The number of ether oxygens (including phenoxy) is 2. The summed E-state index contributed by atoms with van der Waals surface area (Å²) in [5, 5.41) is 0. The first kappa shape index (κ1) is 17.5. The van der Waals surface area contributed by atoms with Crippen LogP contribution in [0.4, 0.5) is 0 Å². The molecular formula is C20H24O2S. The lowest BCUT2D eigenvalue weighted by molar-refractivity contribution is 0.107. The minimum absolute atomic E-state index is 0.0255. The summed E-state index contributed by atoms with van der Waals surface area (Å²) in [6, 6.07) is 18.6. The van der Waals surface area contributed by atoms with Gasteiger partial charge < -0.3 is 9.47 Å². The van der Waals surface area contributed by atoms with Gasteiger partial charge in [0.1, 0.15) is 18.5 Å². The van der Waals surface area contributed by atoms with E-state index in [4.69, 9.17) is 9.47 Å². The number of rotatable bonds is 9. The molecule has 0 bridgehead atoms. The lowest BCUT2D eigenvalue weighted by atomic mass is 10.0. The van der Waals surface area contributed by atoms with E-state index in [0.717, 1.165) is 11.5 Å². The highest BCUT2D eigenvalue weighted by molar-refractivity contribution is 7.99. The highest BCUT2D eigenvalue weighted by atomic mass is 32.2. The van der Waals surface area contributed by atoms with Crippen LogP contribution in [0, 0.1) is 0 Å². The minimum atomic E-state index is -0.0255. The summed E-state index contributed by atoms with van der Waals surface area (Å²) in [6.45, 7) is 8.53. The molecule has 23 heavy (non-hydrogen) atoms. The lowest BCUT2D eigenvalue weighted by Crippen LogP contribution is -2.22. The summed E-state index contributed by atoms with van der Waals surface area (Å²) in [7, 11) is 0. The second kappa shape index (κ2) is 9.31. The molecule has 0 fully saturated rings. The molecule has 0 amide bonds. The van der Waals surface area contributed by atoms with E-state index in [9.17, 15) is 0 Å². The molecule has 2 aromatic carbocycles. The molecular weight excluding hydrogens is 304 g/mol. The molecule has 0 aliphatic heterocycles. The Kier molecular flexibility index (Phi) is 7.08. The molecule has 0 aromatic heterocycles. The van der Waals surface area contributed by atoms with Crippen molar-refractivity contribution in [3.8, 4) is 5.75 Å². The lowest BCUT2D eigenvalue weighted by Gasteiger charge is -2.17. The first-order valence-electron chi connectivity index (χ1n) is 7.86. The Bertz CT molecular complexity index is 578. The molecule has 0 saturated heterocycles. The Hall–Kier alpha value is -1.87. The van der Waals surface area contributed by atoms with Crippen LogP contribution in [0.15, 0.2) is 72.3 Å². The molecule has 0 aliphatic rings. The molecule has 2 rings (SSSR count). The third kappa shape index (κ3) is 6.03. The third-order valence-corrected chi connectivity index (χ3v) is 4.59. The van der Waals surface area contributed by atoms with Gasteiger partial charge in [0.2, 0.25) is 0 Å². The van der Waals surface area contributed by atoms with Gasteiger partial charge in [0.15, 0.2) is 0 Å². The van der Waals surface area contributed by atoms with E-state index in [1.165, 1.54) is 16.7 Å². The maximum atomic E-state index is 5.86. The zero-order valence-corrected chi connectivity index (χ0v) is 14.6. The van der Waals surface area contributed by atoms with Crippen molar-refractivity contribution in [2.75, 3.05) is 12.4 Å². The number of thioether (sulfide) groups is 1. The van der Waals surface area contributed by atoms with Gasteiger partial charge in [0.05, 0.1) is 6.26 Å². The van der Waals surface area contributed by atoms with Gasteiger partial charge in [-0.15, -0.1) is 11.8 Å². The summed E-state index contributed by atoms with van der Waals surface area (Å²) in [6.07, 6.45) is 1.46. The fourth-order valence-electron chi connectivity index (χ4n) is 2.11. The molecule has 0 spiro atoms. The normalized spacial score (nSPS) is 12.0. The second-order valence-corrected chi connectivity index (χ2v) is 6.68. The Balaban J connectivity index is 1.85. The van der Waals surface area contributed by atoms with E-state index in [2.05, 4.69) is 44.7 Å². The number of benzene rings is 2. The summed E-state index contributed by atoms with van der Waals surface area (Å²) >= 11 is 1.76. The van der Waals surface area contributed by atoms with Gasteiger partial charge in [0.25, 0.3) is 0 Å². The molecule has 0 aliphatic carbocycles. The van der Waals surface area contributed by atoms with Crippen LogP contribution in [0.25, 0.3) is 0 Å². The Morgan fingerprint density at radius 1 is 1.04 bits per heavy atom. The standard InChI is InChI=1S/C20H24O2S/c1-4-21-19(15-23-20-8-6-5-7-9-20)14-22-18-12-10-17(11-13-18)16(2)3/h4-13,16,19H,1,14-15H2,2-3H3. The fraction of sp³-hybridized carbons (Fsp3) is 0.300. The van der Waals surface area contributed by atoms with Crippen LogP contribution < -0.4 is 4.74 Å². The molecule has 1 unspecified atom stereocenters. The summed E-state index contributed by atoms with van der Waals surface area (Å²) in [5.41, 5.74) is 1.32. The van der Waals surface area contributed by atoms with E-state index in [1.54, 1.807) is 11.8 Å². The molecule has 122 valence electrons. The first-order valence-corrected chi connectivity index (χ1v) is 8.84. The van der Waals surface area contributed by atoms with Crippen molar-refractivity contribution >= 4 is 11.8 Å². The highest BCUT2D eigenvalue weighted by Crippen LogP contribution is 2.21. The maximum Gasteiger partial charge on any atom is 0.141 e. The van der Waals surface area contributed by atoms with E-state index in [-0.39, 0.29) is 6.10 Å². The SMILES string of the molecule is C=COC(COc1ccc(C(C)C)cc1)CSc1ccccc1. The largest absolute Gasteiger partial charge is 0.494 e. The summed E-state index contributed by atoms with van der Waals surface area (Å²) in [4.78, 5) is 1.23. The highest BCUT2D eigenvalue weighted by Gasteiger charge is 2.11. The monoisotopic (exact) mass is 328 g/mol.